The summed E-state index contributed by atoms with van der Waals surface area (Å²) < 4.78 is 28.7. The Bertz CT molecular complexity index is 2280. The number of aliphatic hydroxyl groups is 1. The summed E-state index contributed by atoms with van der Waals surface area (Å²) in [7, 11) is 0. The van der Waals surface area contributed by atoms with E-state index in [9.17, 15) is 19.8 Å². The molecular weight excluding hydrogens is 907 g/mol. The predicted octanol–water partition coefficient (Wildman–Crippen LogP) is 5.52. The number of ether oxygens (including phenoxy) is 5. The van der Waals surface area contributed by atoms with Crippen molar-refractivity contribution in [2.45, 2.75) is 157 Å². The number of piperidine rings is 2. The number of halogens is 1. The molecule has 2 aliphatic heterocycles. The number of carbonyl (C=O) groups excluding carboxylic acids is 2. The normalized spacial score (nSPS) is 21.3. The first-order valence-electron chi connectivity index (χ1n) is 22.3. The Morgan fingerprint density at radius 3 is 1.51 bits per heavy atom. The van der Waals surface area contributed by atoms with Gasteiger partial charge in [-0.1, -0.05) is 32.4 Å². The topological polar surface area (TPSA) is 207 Å². The summed E-state index contributed by atoms with van der Waals surface area (Å²) >= 11 is 5.87. The van der Waals surface area contributed by atoms with Crippen LogP contribution in [0.5, 0.6) is 29.1 Å². The second-order valence-electron chi connectivity index (χ2n) is 20.0. The van der Waals surface area contributed by atoms with Crippen LogP contribution in [0.4, 0.5) is 9.59 Å². The number of pyridine rings is 2. The summed E-state index contributed by atoms with van der Waals surface area (Å²) in [4.78, 5) is 52.6. The molecule has 4 aliphatic rings. The SMILES string of the molecule is CC(C)(C)OC(=O)N1CC2CC1C[C@H]2O.CC(C)(C)[O-].Cc1ncccc1Oc1ncnc(Cl)c1C.Cc1ncccc1Oc1ncnc(O[C@@H]2CC3CC2CN3C(=O)OC(C)(C)C)c1C.[K+]. The zero-order chi connectivity index (χ0) is 48.7. The van der Waals surface area contributed by atoms with E-state index in [-0.39, 0.29) is 99.7 Å². The second-order valence-corrected chi connectivity index (χ2v) is 20.3. The van der Waals surface area contributed by atoms with Gasteiger partial charge in [-0.05, 0) is 113 Å². The Balaban J connectivity index is 0.000000224. The van der Waals surface area contributed by atoms with Crippen LogP contribution in [-0.4, -0.2) is 111 Å². The zero-order valence-electron chi connectivity index (χ0n) is 41.5. The van der Waals surface area contributed by atoms with Crippen molar-refractivity contribution in [3.8, 4) is 29.1 Å². The Kier molecular flexibility index (Phi) is 19.8. The van der Waals surface area contributed by atoms with Crippen molar-refractivity contribution in [3.05, 3.63) is 77.0 Å². The molecule has 2 saturated heterocycles. The van der Waals surface area contributed by atoms with Gasteiger partial charge in [-0.3, -0.25) is 9.97 Å². The van der Waals surface area contributed by atoms with E-state index in [1.165, 1.54) is 12.7 Å². The maximum atomic E-state index is 12.4. The summed E-state index contributed by atoms with van der Waals surface area (Å²) in [5.41, 5.74) is 1.37. The van der Waals surface area contributed by atoms with E-state index in [0.29, 0.717) is 59.4 Å². The maximum Gasteiger partial charge on any atom is 1.00 e. The number of aromatic nitrogens is 6. The first-order valence-corrected chi connectivity index (χ1v) is 22.7. The Labute approximate surface area is 442 Å². The quantitative estimate of drug-likeness (QED) is 0.187. The number of nitrogens with zero attached hydrogens (tertiary/aromatic N) is 8. The number of aryl methyl sites for hydroxylation is 2. The fourth-order valence-corrected chi connectivity index (χ4v) is 7.85. The number of amides is 2. The van der Waals surface area contributed by atoms with Gasteiger partial charge in [-0.2, -0.15) is 0 Å². The van der Waals surface area contributed by atoms with Crippen molar-refractivity contribution < 1.29 is 94.9 Å². The largest absolute Gasteiger partial charge is 1.00 e. The van der Waals surface area contributed by atoms with Gasteiger partial charge in [0.05, 0.1) is 23.1 Å². The Hall–Kier alpha value is -3.75. The molecular formula is C48H66ClKN8O9. The number of likely N-dealkylation sites (tertiary alicyclic amines) is 2. The van der Waals surface area contributed by atoms with E-state index in [0.717, 1.165) is 36.2 Å². The molecule has 4 unspecified atom stereocenters. The van der Waals surface area contributed by atoms with Crippen molar-refractivity contribution in [2.24, 2.45) is 11.8 Å². The van der Waals surface area contributed by atoms with E-state index < -0.39 is 16.8 Å². The first kappa shape index (κ1) is 55.8. The minimum absolute atomic E-state index is 0. The minimum Gasteiger partial charge on any atom is -0.850 e. The molecule has 4 aromatic rings. The molecule has 19 heteroatoms. The summed E-state index contributed by atoms with van der Waals surface area (Å²) in [6, 6.07) is 7.65. The molecule has 1 N–H and O–H groups in total. The molecule has 6 atom stereocenters. The predicted molar refractivity (Wildman–Crippen MR) is 246 cm³/mol. The van der Waals surface area contributed by atoms with Crippen LogP contribution in [0.25, 0.3) is 0 Å². The van der Waals surface area contributed by atoms with Crippen molar-refractivity contribution in [3.63, 3.8) is 0 Å². The van der Waals surface area contributed by atoms with Gasteiger partial charge in [0.15, 0.2) is 11.5 Å². The molecule has 17 nitrogen and oxygen atoms in total. The molecule has 2 amide bonds. The van der Waals surface area contributed by atoms with Crippen molar-refractivity contribution >= 4 is 23.8 Å². The van der Waals surface area contributed by atoms with Gasteiger partial charge < -0.3 is 43.7 Å². The van der Waals surface area contributed by atoms with Crippen molar-refractivity contribution in [1.29, 1.82) is 0 Å². The Morgan fingerprint density at radius 1 is 0.657 bits per heavy atom. The number of hydrogen-bond donors (Lipinski definition) is 1. The van der Waals surface area contributed by atoms with Gasteiger partial charge in [0, 0.05) is 61.4 Å². The molecule has 0 radical (unpaired) electrons. The molecule has 4 bridgehead atoms. The van der Waals surface area contributed by atoms with Gasteiger partial charge in [0.2, 0.25) is 17.6 Å². The number of hydrogen-bond acceptors (Lipinski definition) is 15. The van der Waals surface area contributed by atoms with Gasteiger partial charge in [0.1, 0.15) is 35.1 Å². The average Bonchev–Trinajstić information content (AvgIpc) is 4.00. The van der Waals surface area contributed by atoms with Gasteiger partial charge in [0.25, 0.3) is 0 Å². The van der Waals surface area contributed by atoms with E-state index >= 15 is 0 Å². The van der Waals surface area contributed by atoms with Crippen molar-refractivity contribution in [2.75, 3.05) is 13.1 Å². The number of aliphatic hydroxyl groups excluding tert-OH is 1. The molecule has 4 aromatic heterocycles. The van der Waals surface area contributed by atoms with Crippen molar-refractivity contribution in [1.82, 2.24) is 39.7 Å². The van der Waals surface area contributed by atoms with Crippen LogP contribution in [-0.2, 0) is 9.47 Å². The van der Waals surface area contributed by atoms with E-state index in [1.807, 2.05) is 92.3 Å². The van der Waals surface area contributed by atoms with Gasteiger partial charge in [-0.15, -0.1) is 5.60 Å². The molecule has 67 heavy (non-hydrogen) atoms. The van der Waals surface area contributed by atoms with Crippen LogP contribution < -0.4 is 70.7 Å². The van der Waals surface area contributed by atoms with Gasteiger partial charge in [-0.25, -0.2) is 29.5 Å². The average molecular weight is 974 g/mol. The summed E-state index contributed by atoms with van der Waals surface area (Å²) in [5.74, 6) is 3.27. The molecule has 360 valence electrons. The summed E-state index contributed by atoms with van der Waals surface area (Å²) in [6.45, 7) is 24.9. The van der Waals surface area contributed by atoms with Crippen LogP contribution in [0.3, 0.4) is 0 Å². The summed E-state index contributed by atoms with van der Waals surface area (Å²) in [6.07, 6.45) is 8.91. The first-order chi connectivity index (χ1) is 30.8. The van der Waals surface area contributed by atoms with Crippen LogP contribution in [0.1, 0.15) is 111 Å². The standard InChI is InChI=1S/C22H28N4O4.C11H10ClN3O.C11H19NO3.C4H9O.K/c1-13-19(28-17-7-6-8-23-14(17)2)24-12-25-20(13)29-18-10-16-9-15(18)11-26(16)21(27)30-22(3,4)5;1-7-10(12)14-6-15-11(7)16-9-4-3-5-13-8(9)2;1-11(2,3)15-10(14)12-6-7-4-8(12)5-9(7)13;1-4(2,3)5;/h6-8,12,15-16,18H,9-11H2,1-5H3;3-6H,1-2H3;7-9,13H,4-6H2,1-3H3;1-3H3;/q;;;-1;+1/t15?,16?,18-;;7?,8?,9-;;/m1.1../s1. The Morgan fingerprint density at radius 2 is 1.09 bits per heavy atom. The number of rotatable bonds is 6. The third kappa shape index (κ3) is 16.7. The fraction of sp³-hybridized carbons (Fsp3) is 0.583. The molecule has 8 rings (SSSR count). The minimum atomic E-state index is -0.750. The third-order valence-corrected chi connectivity index (χ3v) is 11.2. The van der Waals surface area contributed by atoms with E-state index in [1.54, 1.807) is 44.1 Å². The smallest absolute Gasteiger partial charge is 0.850 e. The van der Waals surface area contributed by atoms with E-state index in [4.69, 9.17) is 35.3 Å². The molecule has 0 aromatic carbocycles. The maximum absolute atomic E-state index is 12.4. The van der Waals surface area contributed by atoms with E-state index in [2.05, 4.69) is 29.9 Å². The fourth-order valence-electron chi connectivity index (χ4n) is 7.73. The number of fused-ring (bicyclic) bond motifs is 4. The second kappa shape index (κ2) is 23.7. The van der Waals surface area contributed by atoms with Crippen LogP contribution in [0.15, 0.2) is 49.3 Å². The molecule has 6 heterocycles. The zero-order valence-corrected chi connectivity index (χ0v) is 45.4. The van der Waals surface area contributed by atoms with Crippen LogP contribution >= 0.6 is 11.6 Å². The summed E-state index contributed by atoms with van der Waals surface area (Å²) in [5, 5.41) is 20.1. The molecule has 2 saturated carbocycles. The molecule has 4 fully saturated rings. The monoisotopic (exact) mass is 972 g/mol. The van der Waals surface area contributed by atoms with Gasteiger partial charge >= 0.3 is 63.6 Å². The van der Waals surface area contributed by atoms with Crippen LogP contribution in [0.2, 0.25) is 5.15 Å². The number of carbonyl (C=O) groups is 2. The third-order valence-electron chi connectivity index (χ3n) is 10.8. The molecule has 0 spiro atoms. The van der Waals surface area contributed by atoms with Crippen LogP contribution in [0, 0.1) is 39.5 Å². The molecule has 2 aliphatic carbocycles.